The van der Waals surface area contributed by atoms with Gasteiger partial charge in [0.25, 0.3) is 0 Å². The van der Waals surface area contributed by atoms with Gasteiger partial charge >= 0.3 is 0 Å². The summed E-state index contributed by atoms with van der Waals surface area (Å²) in [7, 11) is 1.51. The predicted octanol–water partition coefficient (Wildman–Crippen LogP) is 1.35. The number of nitrogens with zero attached hydrogens (tertiary/aromatic N) is 1. The van der Waals surface area contributed by atoms with Crippen molar-refractivity contribution in [2.75, 3.05) is 13.7 Å². The molecule has 0 saturated carbocycles. The molecule has 0 aromatic carbocycles. The molecule has 0 spiro atoms. The van der Waals surface area contributed by atoms with Crippen LogP contribution in [0.1, 0.15) is 39.5 Å². The van der Waals surface area contributed by atoms with Gasteiger partial charge < -0.3 is 25.0 Å². The highest BCUT2D eigenvalue weighted by atomic mass is 16.5. The number of hydrazine groups is 1. The van der Waals surface area contributed by atoms with E-state index in [2.05, 4.69) is 5.43 Å². The third-order valence-electron chi connectivity index (χ3n) is 2.61. The van der Waals surface area contributed by atoms with Gasteiger partial charge in [-0.2, -0.15) is 0 Å². The highest BCUT2D eigenvalue weighted by molar-refractivity contribution is 5.75. The maximum absolute atomic E-state index is 11.5. The Hall–Kier alpha value is -0.950. The van der Waals surface area contributed by atoms with E-state index >= 15 is 0 Å². The lowest BCUT2D eigenvalue weighted by Crippen LogP contribution is -2.47. The van der Waals surface area contributed by atoms with Gasteiger partial charge in [-0.15, -0.1) is 0 Å². The molecule has 0 bridgehead atoms. The maximum Gasteiger partial charge on any atom is 0.129 e. The zero-order chi connectivity index (χ0) is 14.7. The van der Waals surface area contributed by atoms with E-state index in [0.717, 1.165) is 19.3 Å². The number of hydroxylamine groups is 1. The number of rotatable bonds is 11. The van der Waals surface area contributed by atoms with Gasteiger partial charge in [0.2, 0.25) is 0 Å². The number of carbonyl (C=O) groups is 1. The number of ether oxygens (including phenoxy) is 1. The second-order valence-electron chi connectivity index (χ2n) is 4.59. The number of aliphatic hydroxyl groups is 1. The van der Waals surface area contributed by atoms with Gasteiger partial charge in [-0.05, 0) is 39.3 Å². The third kappa shape index (κ3) is 10.6. The molecule has 112 valence electrons. The number of hydrogen-bond acceptors (Lipinski definition) is 6. The van der Waals surface area contributed by atoms with Crippen LogP contribution in [0, 0.1) is 5.21 Å². The van der Waals surface area contributed by atoms with Gasteiger partial charge in [0.15, 0.2) is 0 Å². The minimum Gasteiger partial charge on any atom is -0.744 e. The van der Waals surface area contributed by atoms with E-state index in [-0.39, 0.29) is 12.4 Å². The van der Waals surface area contributed by atoms with Gasteiger partial charge in [0, 0.05) is 13.5 Å². The van der Waals surface area contributed by atoms with Crippen LogP contribution in [0.25, 0.3) is 0 Å². The Morgan fingerprint density at radius 3 is 2.74 bits per heavy atom. The summed E-state index contributed by atoms with van der Waals surface area (Å²) in [6, 6.07) is -0.440. The van der Waals surface area contributed by atoms with Crippen LogP contribution in [0.3, 0.4) is 0 Å². The number of methoxy groups -OCH3 is 1. The van der Waals surface area contributed by atoms with Crippen molar-refractivity contribution in [1.29, 1.82) is 0 Å². The molecule has 0 rings (SSSR count). The molecular formula is C13H25N2O4-. The molecule has 0 saturated heterocycles. The molecule has 0 radical (unpaired) electrons. The Labute approximate surface area is 115 Å². The van der Waals surface area contributed by atoms with Crippen LogP contribution in [0.2, 0.25) is 0 Å². The number of allylic oxidation sites excluding steroid dienone is 1. The molecule has 0 heterocycles. The highest BCUT2D eigenvalue weighted by Gasteiger charge is 2.13. The quantitative estimate of drug-likeness (QED) is 0.436. The summed E-state index contributed by atoms with van der Waals surface area (Å²) in [5, 5.41) is 21.5. The summed E-state index contributed by atoms with van der Waals surface area (Å²) in [6.07, 6.45) is 5.49. The number of carbonyl (C=O) groups excluding carboxylic acids is 1. The smallest absolute Gasteiger partial charge is 0.129 e. The van der Waals surface area contributed by atoms with Crippen molar-refractivity contribution in [3.8, 4) is 0 Å². The minimum atomic E-state index is -0.680. The van der Waals surface area contributed by atoms with E-state index < -0.39 is 12.1 Å². The molecule has 6 nitrogen and oxygen atoms in total. The van der Waals surface area contributed by atoms with Crippen LogP contribution in [0.4, 0.5) is 0 Å². The zero-order valence-electron chi connectivity index (χ0n) is 12.0. The van der Waals surface area contributed by atoms with Crippen LogP contribution in [0.15, 0.2) is 12.3 Å². The Morgan fingerprint density at radius 2 is 2.21 bits per heavy atom. The van der Waals surface area contributed by atoms with Crippen molar-refractivity contribution < 1.29 is 14.6 Å². The van der Waals surface area contributed by atoms with E-state index in [9.17, 15) is 15.1 Å². The van der Waals surface area contributed by atoms with E-state index in [1.807, 2.05) is 0 Å². The first-order valence-corrected chi connectivity index (χ1v) is 6.53. The Bertz CT molecular complexity index is 269. The molecule has 19 heavy (non-hydrogen) atoms. The van der Waals surface area contributed by atoms with E-state index in [0.29, 0.717) is 11.6 Å². The fourth-order valence-corrected chi connectivity index (χ4v) is 1.48. The molecule has 0 aliphatic heterocycles. The van der Waals surface area contributed by atoms with Gasteiger partial charge in [0.05, 0.1) is 18.8 Å². The van der Waals surface area contributed by atoms with Crippen molar-refractivity contribution in [3.05, 3.63) is 17.5 Å². The standard InChI is InChI=1S/C13H25N2O4/c1-11(16)8-6-4-5-7-9-15(18)14-13(10-19-3)12(2)17/h7,9,12-14,17H,4-6,8,10H2,1-3H3/q-1. The summed E-state index contributed by atoms with van der Waals surface area (Å²) in [5.74, 6) is 0.190. The predicted molar refractivity (Wildman–Crippen MR) is 74.0 cm³/mol. The average molecular weight is 273 g/mol. The van der Waals surface area contributed by atoms with E-state index in [1.54, 1.807) is 19.9 Å². The molecule has 0 aliphatic carbocycles. The van der Waals surface area contributed by atoms with Gasteiger partial charge in [0.1, 0.15) is 5.78 Å². The molecule has 2 N–H and O–H groups in total. The Balaban J connectivity index is 3.82. The number of aliphatic hydroxyl groups excluding tert-OH is 1. The molecule has 0 aromatic rings. The number of hydrogen-bond donors (Lipinski definition) is 2. The lowest BCUT2D eigenvalue weighted by Gasteiger charge is -2.33. The number of nitrogens with one attached hydrogen (secondary N) is 1. The maximum atomic E-state index is 11.5. The molecular weight excluding hydrogens is 248 g/mol. The zero-order valence-corrected chi connectivity index (χ0v) is 12.0. The first-order chi connectivity index (χ1) is 8.97. The summed E-state index contributed by atoms with van der Waals surface area (Å²) in [4.78, 5) is 10.7. The third-order valence-corrected chi connectivity index (χ3v) is 2.61. The normalized spacial score (nSPS) is 14.6. The molecule has 0 fully saturated rings. The number of unbranched alkanes of at least 4 members (excludes halogenated alkanes) is 2. The number of ketones is 1. The fraction of sp³-hybridized carbons (Fsp3) is 0.769. The van der Waals surface area contributed by atoms with Crippen molar-refractivity contribution in [2.24, 2.45) is 0 Å². The SMILES string of the molecule is COCC(NN([O-])C=CCCCCC(C)=O)C(C)O. The van der Waals surface area contributed by atoms with Crippen LogP contribution < -0.4 is 5.43 Å². The minimum absolute atomic E-state index is 0.190. The second-order valence-corrected chi connectivity index (χ2v) is 4.59. The van der Waals surface area contributed by atoms with Crippen molar-refractivity contribution in [2.45, 2.75) is 51.7 Å². The largest absolute Gasteiger partial charge is 0.744 e. The van der Waals surface area contributed by atoms with Crippen LogP contribution in [-0.4, -0.2) is 41.9 Å². The highest BCUT2D eigenvalue weighted by Crippen LogP contribution is 2.02. The summed E-state index contributed by atoms with van der Waals surface area (Å²) < 4.78 is 4.90. The Morgan fingerprint density at radius 1 is 1.53 bits per heavy atom. The molecule has 6 heteroatoms. The fourth-order valence-electron chi connectivity index (χ4n) is 1.48. The molecule has 0 aromatic heterocycles. The number of Topliss-reactive ketones (excluding diaryl/α,β-unsaturated/α-hetero) is 1. The van der Waals surface area contributed by atoms with E-state index in [1.165, 1.54) is 13.3 Å². The van der Waals surface area contributed by atoms with Crippen LogP contribution >= 0.6 is 0 Å². The lowest BCUT2D eigenvalue weighted by molar-refractivity contribution is -0.117. The van der Waals surface area contributed by atoms with E-state index in [4.69, 9.17) is 4.74 Å². The van der Waals surface area contributed by atoms with Gasteiger partial charge in [-0.25, -0.2) is 5.43 Å². The first kappa shape index (κ1) is 18.0. The monoisotopic (exact) mass is 273 g/mol. The van der Waals surface area contributed by atoms with Crippen molar-refractivity contribution in [1.82, 2.24) is 10.6 Å². The first-order valence-electron chi connectivity index (χ1n) is 6.53. The van der Waals surface area contributed by atoms with Crippen LogP contribution in [-0.2, 0) is 9.53 Å². The summed E-state index contributed by atoms with van der Waals surface area (Å²) in [6.45, 7) is 3.42. The lowest BCUT2D eigenvalue weighted by atomic mass is 10.1. The second kappa shape index (κ2) is 10.9. The molecule has 0 aliphatic rings. The van der Waals surface area contributed by atoms with Crippen molar-refractivity contribution in [3.63, 3.8) is 0 Å². The molecule has 0 amide bonds. The summed E-state index contributed by atoms with van der Waals surface area (Å²) >= 11 is 0. The Kier molecular flexibility index (Phi) is 10.4. The van der Waals surface area contributed by atoms with Gasteiger partial charge in [-0.1, -0.05) is 6.08 Å². The van der Waals surface area contributed by atoms with Gasteiger partial charge in [-0.3, -0.25) is 0 Å². The van der Waals surface area contributed by atoms with Crippen LogP contribution in [0.5, 0.6) is 0 Å². The molecule has 2 atom stereocenters. The van der Waals surface area contributed by atoms with Crippen molar-refractivity contribution >= 4 is 5.78 Å². The summed E-state index contributed by atoms with van der Waals surface area (Å²) in [5.41, 5.74) is 2.59. The average Bonchev–Trinajstić information content (AvgIpc) is 2.32. The topological polar surface area (TPSA) is 84.9 Å². The molecule has 2 unspecified atom stereocenters.